The predicted molar refractivity (Wildman–Crippen MR) is 89.8 cm³/mol. The van der Waals surface area contributed by atoms with Crippen LogP contribution >= 0.6 is 0 Å². The fraction of sp³-hybridized carbons (Fsp3) is 0.438. The Labute approximate surface area is 139 Å². The van der Waals surface area contributed by atoms with Crippen LogP contribution in [0.25, 0.3) is 10.9 Å². The zero-order valence-corrected chi connectivity index (χ0v) is 13.6. The minimum atomic E-state index is -0.157. The maximum absolute atomic E-state index is 12.5. The van der Waals surface area contributed by atoms with Crippen LogP contribution in [0.5, 0.6) is 0 Å². The van der Waals surface area contributed by atoms with Crippen molar-refractivity contribution >= 4 is 28.5 Å². The van der Waals surface area contributed by atoms with Crippen LogP contribution in [0.3, 0.4) is 0 Å². The number of H-pyrrole nitrogens is 1. The Kier molecular flexibility index (Phi) is 4.95. The average molecular weight is 331 g/mol. The summed E-state index contributed by atoms with van der Waals surface area (Å²) in [5.41, 5.74) is 1.59. The Hall–Kier alpha value is -2.61. The van der Waals surface area contributed by atoms with Gasteiger partial charge in [-0.15, -0.1) is 0 Å². The number of carbonyl (C=O) groups is 2. The number of hydrogen-bond acceptors (Lipinski definition) is 4. The lowest BCUT2D eigenvalue weighted by molar-refractivity contribution is -0.134. The molecule has 1 aromatic carbocycles. The molecule has 0 radical (unpaired) electrons. The molecule has 3 rings (SSSR count). The van der Waals surface area contributed by atoms with Gasteiger partial charge >= 0.3 is 6.03 Å². The van der Waals surface area contributed by atoms with Crippen molar-refractivity contribution in [1.29, 1.82) is 0 Å². The number of hydrogen-bond donors (Lipinski definition) is 2. The number of amides is 3. The van der Waals surface area contributed by atoms with Gasteiger partial charge in [0.1, 0.15) is 6.61 Å². The number of anilines is 1. The first kappa shape index (κ1) is 16.3. The van der Waals surface area contributed by atoms with Crippen molar-refractivity contribution in [1.82, 2.24) is 20.0 Å². The molecule has 0 saturated carbocycles. The third-order valence-corrected chi connectivity index (χ3v) is 4.10. The molecular formula is C16H21N5O3. The van der Waals surface area contributed by atoms with E-state index in [2.05, 4.69) is 15.5 Å². The summed E-state index contributed by atoms with van der Waals surface area (Å²) in [7, 11) is 1.51. The standard InChI is InChI=1S/C16H21N5O3/c1-24-11-15(22)20-5-2-6-21(8-7-20)16(23)18-13-4-3-12-10-17-19-14(12)9-13/h3-4,9-10H,2,5-8,11H2,1H3,(H,17,19)(H,18,23). The Balaban J connectivity index is 1.59. The van der Waals surface area contributed by atoms with Crippen molar-refractivity contribution in [3.8, 4) is 0 Å². The number of ether oxygens (including phenoxy) is 1. The molecule has 0 unspecified atom stereocenters. The molecule has 1 fully saturated rings. The van der Waals surface area contributed by atoms with Gasteiger partial charge in [0.2, 0.25) is 5.91 Å². The molecule has 3 amide bonds. The van der Waals surface area contributed by atoms with E-state index in [1.807, 2.05) is 18.2 Å². The van der Waals surface area contributed by atoms with Crippen LogP contribution in [0.4, 0.5) is 10.5 Å². The Morgan fingerprint density at radius 2 is 2.04 bits per heavy atom. The predicted octanol–water partition coefficient (Wildman–Crippen LogP) is 1.28. The zero-order valence-electron chi connectivity index (χ0n) is 13.6. The third-order valence-electron chi connectivity index (χ3n) is 4.10. The highest BCUT2D eigenvalue weighted by Gasteiger charge is 2.21. The molecule has 1 aliphatic heterocycles. The second-order valence-corrected chi connectivity index (χ2v) is 5.76. The highest BCUT2D eigenvalue weighted by atomic mass is 16.5. The number of nitrogens with one attached hydrogen (secondary N) is 2. The normalized spacial score (nSPS) is 15.4. The minimum Gasteiger partial charge on any atom is -0.375 e. The lowest BCUT2D eigenvalue weighted by atomic mass is 10.2. The number of benzene rings is 1. The maximum atomic E-state index is 12.5. The third kappa shape index (κ3) is 3.65. The SMILES string of the molecule is COCC(=O)N1CCCN(C(=O)Nc2ccc3cn[nH]c3c2)CC1. The molecule has 0 spiro atoms. The molecule has 1 aliphatic rings. The van der Waals surface area contributed by atoms with E-state index < -0.39 is 0 Å². The number of methoxy groups -OCH3 is 1. The van der Waals surface area contributed by atoms with Crippen LogP contribution in [0.1, 0.15) is 6.42 Å². The van der Waals surface area contributed by atoms with Gasteiger partial charge in [0.05, 0.1) is 11.7 Å². The number of aromatic amines is 1. The molecule has 2 heterocycles. The largest absolute Gasteiger partial charge is 0.375 e. The van der Waals surface area contributed by atoms with Crippen molar-refractivity contribution in [2.45, 2.75) is 6.42 Å². The van der Waals surface area contributed by atoms with E-state index in [4.69, 9.17) is 4.74 Å². The second-order valence-electron chi connectivity index (χ2n) is 5.76. The topological polar surface area (TPSA) is 90.6 Å². The van der Waals surface area contributed by atoms with Crippen LogP contribution in [0, 0.1) is 0 Å². The van der Waals surface area contributed by atoms with E-state index in [0.717, 1.165) is 17.3 Å². The van der Waals surface area contributed by atoms with Gasteiger partial charge in [0.15, 0.2) is 0 Å². The van der Waals surface area contributed by atoms with Crippen LogP contribution in [0.2, 0.25) is 0 Å². The molecule has 2 N–H and O–H groups in total. The smallest absolute Gasteiger partial charge is 0.321 e. The monoisotopic (exact) mass is 331 g/mol. The van der Waals surface area contributed by atoms with Gasteiger partial charge in [-0.1, -0.05) is 0 Å². The first-order valence-electron chi connectivity index (χ1n) is 7.93. The highest BCUT2D eigenvalue weighted by molar-refractivity contribution is 5.92. The summed E-state index contributed by atoms with van der Waals surface area (Å²) in [6.07, 6.45) is 2.49. The number of aromatic nitrogens is 2. The molecule has 128 valence electrons. The van der Waals surface area contributed by atoms with E-state index in [-0.39, 0.29) is 18.5 Å². The Morgan fingerprint density at radius 1 is 1.25 bits per heavy atom. The molecule has 2 aromatic rings. The fourth-order valence-corrected chi connectivity index (χ4v) is 2.80. The van der Waals surface area contributed by atoms with Gasteiger partial charge in [-0.05, 0) is 24.6 Å². The van der Waals surface area contributed by atoms with Gasteiger partial charge in [-0.2, -0.15) is 5.10 Å². The molecule has 1 aromatic heterocycles. The molecule has 0 bridgehead atoms. The lowest BCUT2D eigenvalue weighted by Gasteiger charge is -2.22. The Bertz CT molecular complexity index is 729. The summed E-state index contributed by atoms with van der Waals surface area (Å²) in [6.45, 7) is 2.38. The van der Waals surface area contributed by atoms with Gasteiger partial charge in [-0.3, -0.25) is 9.89 Å². The summed E-state index contributed by atoms with van der Waals surface area (Å²) in [5, 5.41) is 10.7. The van der Waals surface area contributed by atoms with Crippen LogP contribution in [-0.2, 0) is 9.53 Å². The van der Waals surface area contributed by atoms with Gasteiger partial charge < -0.3 is 19.9 Å². The van der Waals surface area contributed by atoms with Gasteiger partial charge in [-0.25, -0.2) is 4.79 Å². The molecule has 8 heteroatoms. The van der Waals surface area contributed by atoms with E-state index in [1.165, 1.54) is 7.11 Å². The fourth-order valence-electron chi connectivity index (χ4n) is 2.80. The summed E-state index contributed by atoms with van der Waals surface area (Å²) in [6, 6.07) is 5.45. The van der Waals surface area contributed by atoms with Crippen molar-refractivity contribution in [3.05, 3.63) is 24.4 Å². The number of nitrogens with zero attached hydrogens (tertiary/aromatic N) is 3. The summed E-state index contributed by atoms with van der Waals surface area (Å²) >= 11 is 0. The number of fused-ring (bicyclic) bond motifs is 1. The van der Waals surface area contributed by atoms with E-state index in [0.29, 0.717) is 31.9 Å². The number of rotatable bonds is 3. The van der Waals surface area contributed by atoms with Crippen LogP contribution < -0.4 is 5.32 Å². The first-order chi connectivity index (χ1) is 11.7. The summed E-state index contributed by atoms with van der Waals surface area (Å²) in [4.78, 5) is 27.8. The molecule has 0 aliphatic carbocycles. The second kappa shape index (κ2) is 7.31. The van der Waals surface area contributed by atoms with Gasteiger partial charge in [0, 0.05) is 44.4 Å². The van der Waals surface area contributed by atoms with Crippen molar-refractivity contribution in [3.63, 3.8) is 0 Å². The average Bonchev–Trinajstić information content (AvgIpc) is 2.89. The van der Waals surface area contributed by atoms with Crippen molar-refractivity contribution in [2.24, 2.45) is 0 Å². The minimum absolute atomic E-state index is 0.0375. The Morgan fingerprint density at radius 3 is 2.88 bits per heavy atom. The van der Waals surface area contributed by atoms with Crippen molar-refractivity contribution < 1.29 is 14.3 Å². The van der Waals surface area contributed by atoms with E-state index in [1.54, 1.807) is 16.0 Å². The molecule has 24 heavy (non-hydrogen) atoms. The zero-order chi connectivity index (χ0) is 16.9. The quantitative estimate of drug-likeness (QED) is 0.886. The van der Waals surface area contributed by atoms with E-state index >= 15 is 0 Å². The lowest BCUT2D eigenvalue weighted by Crippen LogP contribution is -2.40. The van der Waals surface area contributed by atoms with Crippen LogP contribution in [0.15, 0.2) is 24.4 Å². The number of urea groups is 1. The summed E-state index contributed by atoms with van der Waals surface area (Å²) in [5.74, 6) is -0.0375. The van der Waals surface area contributed by atoms with Crippen LogP contribution in [-0.4, -0.2) is 71.8 Å². The van der Waals surface area contributed by atoms with E-state index in [9.17, 15) is 9.59 Å². The van der Waals surface area contributed by atoms with Crippen molar-refractivity contribution in [2.75, 3.05) is 45.2 Å². The highest BCUT2D eigenvalue weighted by Crippen LogP contribution is 2.17. The molecular weight excluding hydrogens is 310 g/mol. The number of carbonyl (C=O) groups excluding carboxylic acids is 2. The summed E-state index contributed by atoms with van der Waals surface area (Å²) < 4.78 is 4.89. The molecule has 8 nitrogen and oxygen atoms in total. The van der Waals surface area contributed by atoms with Gasteiger partial charge in [0.25, 0.3) is 0 Å². The molecule has 1 saturated heterocycles. The maximum Gasteiger partial charge on any atom is 0.321 e. The molecule has 0 atom stereocenters. The first-order valence-corrected chi connectivity index (χ1v) is 7.93.